The Kier molecular flexibility index (Phi) is 6.27. The van der Waals surface area contributed by atoms with E-state index in [-0.39, 0.29) is 16.5 Å². The molecular weight excluding hydrogens is 400 g/mol. The van der Waals surface area contributed by atoms with Gasteiger partial charge in [0.15, 0.2) is 0 Å². The van der Waals surface area contributed by atoms with Crippen molar-refractivity contribution in [2.45, 2.75) is 37.1 Å². The first-order valence-electron chi connectivity index (χ1n) is 9.09. The zero-order chi connectivity index (χ0) is 20.3. The minimum absolute atomic E-state index is 0.0491. The molecule has 0 aliphatic carbocycles. The molecule has 1 aliphatic heterocycles. The summed E-state index contributed by atoms with van der Waals surface area (Å²) >= 11 is 6.00. The summed E-state index contributed by atoms with van der Waals surface area (Å²) in [6, 6.07) is 10.9. The maximum absolute atomic E-state index is 13.0. The maximum Gasteiger partial charge on any atom is 0.255 e. The van der Waals surface area contributed by atoms with Crippen LogP contribution in [0.25, 0.3) is 0 Å². The van der Waals surface area contributed by atoms with E-state index in [9.17, 15) is 13.2 Å². The molecule has 1 N–H and O–H groups in total. The van der Waals surface area contributed by atoms with Crippen LogP contribution in [0, 0.1) is 0 Å². The van der Waals surface area contributed by atoms with E-state index in [2.05, 4.69) is 5.32 Å². The molecule has 1 heterocycles. The van der Waals surface area contributed by atoms with Gasteiger partial charge in [0.1, 0.15) is 5.75 Å². The largest absolute Gasteiger partial charge is 0.495 e. The minimum atomic E-state index is -3.65. The molecular formula is C20H23ClN2O4S. The number of rotatable bonds is 5. The fraction of sp³-hybridized carbons (Fsp3) is 0.350. The van der Waals surface area contributed by atoms with Gasteiger partial charge in [-0.2, -0.15) is 4.31 Å². The Bertz CT molecular complexity index is 978. The highest BCUT2D eigenvalue weighted by Gasteiger charge is 2.31. The van der Waals surface area contributed by atoms with Crippen LogP contribution in [0.15, 0.2) is 47.4 Å². The lowest BCUT2D eigenvalue weighted by molar-refractivity contribution is 0.102. The van der Waals surface area contributed by atoms with Gasteiger partial charge in [-0.05, 0) is 56.2 Å². The number of halogens is 1. The molecule has 150 valence electrons. The second-order valence-corrected chi connectivity index (χ2v) is 9.11. The van der Waals surface area contributed by atoms with Gasteiger partial charge in [0.2, 0.25) is 10.0 Å². The molecule has 0 unspecified atom stereocenters. The Morgan fingerprint density at radius 2 is 2.00 bits per heavy atom. The molecule has 0 bridgehead atoms. The monoisotopic (exact) mass is 422 g/mol. The maximum atomic E-state index is 13.0. The topological polar surface area (TPSA) is 75.7 Å². The average Bonchev–Trinajstić information content (AvgIpc) is 2.68. The van der Waals surface area contributed by atoms with Crippen molar-refractivity contribution in [3.8, 4) is 5.75 Å². The average molecular weight is 423 g/mol. The minimum Gasteiger partial charge on any atom is -0.495 e. The summed E-state index contributed by atoms with van der Waals surface area (Å²) in [6.45, 7) is 2.42. The molecule has 3 rings (SSSR count). The third-order valence-electron chi connectivity index (χ3n) is 4.85. The molecule has 0 radical (unpaired) electrons. The number of hydrogen-bond acceptors (Lipinski definition) is 4. The number of methoxy groups -OCH3 is 1. The van der Waals surface area contributed by atoms with Crippen LogP contribution in [0.2, 0.25) is 5.02 Å². The Balaban J connectivity index is 1.87. The van der Waals surface area contributed by atoms with Crippen LogP contribution in [-0.4, -0.2) is 38.3 Å². The highest BCUT2D eigenvalue weighted by molar-refractivity contribution is 7.89. The van der Waals surface area contributed by atoms with Crippen molar-refractivity contribution in [3.63, 3.8) is 0 Å². The van der Waals surface area contributed by atoms with E-state index in [0.29, 0.717) is 23.0 Å². The van der Waals surface area contributed by atoms with Gasteiger partial charge >= 0.3 is 0 Å². The van der Waals surface area contributed by atoms with Gasteiger partial charge < -0.3 is 10.1 Å². The Hall–Kier alpha value is -2.09. The van der Waals surface area contributed by atoms with Crippen molar-refractivity contribution in [3.05, 3.63) is 53.1 Å². The number of hydrogen-bond donors (Lipinski definition) is 1. The van der Waals surface area contributed by atoms with Crippen LogP contribution in [0.5, 0.6) is 5.75 Å². The molecule has 1 saturated heterocycles. The van der Waals surface area contributed by atoms with E-state index in [1.807, 2.05) is 6.92 Å². The molecule has 0 spiro atoms. The zero-order valence-electron chi connectivity index (χ0n) is 15.8. The second-order valence-electron chi connectivity index (χ2n) is 6.79. The number of carbonyl (C=O) groups excluding carboxylic acids is 1. The summed E-state index contributed by atoms with van der Waals surface area (Å²) in [5, 5.41) is 3.18. The number of amides is 1. The van der Waals surface area contributed by atoms with E-state index in [4.69, 9.17) is 16.3 Å². The smallest absolute Gasteiger partial charge is 0.255 e. The van der Waals surface area contributed by atoms with Gasteiger partial charge in [-0.1, -0.05) is 24.1 Å². The number of ether oxygens (including phenoxy) is 1. The van der Waals surface area contributed by atoms with Gasteiger partial charge in [0, 0.05) is 23.2 Å². The summed E-state index contributed by atoms with van der Waals surface area (Å²) < 4.78 is 32.8. The summed E-state index contributed by atoms with van der Waals surface area (Å²) in [6.07, 6.45) is 2.71. The van der Waals surface area contributed by atoms with Crippen LogP contribution in [0.3, 0.4) is 0 Å². The number of piperidine rings is 1. The van der Waals surface area contributed by atoms with Crippen molar-refractivity contribution in [2.24, 2.45) is 0 Å². The molecule has 0 aromatic heterocycles. The van der Waals surface area contributed by atoms with E-state index >= 15 is 0 Å². The van der Waals surface area contributed by atoms with Crippen molar-refractivity contribution in [1.29, 1.82) is 0 Å². The number of nitrogens with zero attached hydrogens (tertiary/aromatic N) is 1. The number of carbonyl (C=O) groups is 1. The lowest BCUT2D eigenvalue weighted by Gasteiger charge is -2.32. The number of nitrogens with one attached hydrogen (secondary N) is 1. The van der Waals surface area contributed by atoms with Gasteiger partial charge in [-0.15, -0.1) is 0 Å². The molecule has 28 heavy (non-hydrogen) atoms. The van der Waals surface area contributed by atoms with Crippen LogP contribution < -0.4 is 10.1 Å². The lowest BCUT2D eigenvalue weighted by atomic mass is 10.1. The second kappa shape index (κ2) is 8.51. The normalized spacial score (nSPS) is 17.9. The summed E-state index contributed by atoms with van der Waals surface area (Å²) in [5.41, 5.74) is 0.658. The fourth-order valence-corrected chi connectivity index (χ4v) is 5.25. The molecule has 1 amide bonds. The summed E-state index contributed by atoms with van der Waals surface area (Å²) in [4.78, 5) is 12.8. The van der Waals surface area contributed by atoms with Crippen molar-refractivity contribution < 1.29 is 17.9 Å². The van der Waals surface area contributed by atoms with Crippen LogP contribution in [-0.2, 0) is 10.0 Å². The van der Waals surface area contributed by atoms with Crippen LogP contribution >= 0.6 is 11.6 Å². The van der Waals surface area contributed by atoms with Gasteiger partial charge in [-0.25, -0.2) is 8.42 Å². The molecule has 8 heteroatoms. The highest BCUT2D eigenvalue weighted by atomic mass is 35.5. The molecule has 2 aromatic carbocycles. The predicted octanol–water partition coefficient (Wildman–Crippen LogP) is 4.16. The van der Waals surface area contributed by atoms with Gasteiger partial charge in [0.25, 0.3) is 5.91 Å². The number of benzene rings is 2. The van der Waals surface area contributed by atoms with Crippen LogP contribution in [0.4, 0.5) is 5.69 Å². The van der Waals surface area contributed by atoms with E-state index < -0.39 is 15.9 Å². The Morgan fingerprint density at radius 1 is 1.21 bits per heavy atom. The molecule has 0 saturated carbocycles. The number of sulfonamides is 1. The summed E-state index contributed by atoms with van der Waals surface area (Å²) in [5.74, 6) is 0.0213. The first-order chi connectivity index (χ1) is 13.3. The first-order valence-corrected chi connectivity index (χ1v) is 10.9. The summed E-state index contributed by atoms with van der Waals surface area (Å²) in [7, 11) is -2.16. The third-order valence-corrected chi connectivity index (χ3v) is 7.10. The SMILES string of the molecule is COc1ccc(Cl)cc1NC(=O)c1cccc(S(=O)(=O)N2CCCC[C@H]2C)c1. The van der Waals surface area contributed by atoms with Gasteiger partial charge in [-0.3, -0.25) is 4.79 Å². The third kappa shape index (κ3) is 4.32. The van der Waals surface area contributed by atoms with Crippen molar-refractivity contribution in [1.82, 2.24) is 4.31 Å². The van der Waals surface area contributed by atoms with Gasteiger partial charge in [0.05, 0.1) is 17.7 Å². The molecule has 2 aromatic rings. The zero-order valence-corrected chi connectivity index (χ0v) is 17.4. The fourth-order valence-electron chi connectivity index (χ4n) is 3.33. The molecule has 6 nitrogen and oxygen atoms in total. The lowest BCUT2D eigenvalue weighted by Crippen LogP contribution is -2.41. The van der Waals surface area contributed by atoms with Crippen molar-refractivity contribution >= 4 is 33.2 Å². The van der Waals surface area contributed by atoms with E-state index in [1.54, 1.807) is 30.3 Å². The predicted molar refractivity (Wildman–Crippen MR) is 110 cm³/mol. The standard InChI is InChI=1S/C20H23ClN2O4S/c1-14-6-3-4-11-23(14)28(25,26)17-8-5-7-15(12-17)20(24)22-18-13-16(21)9-10-19(18)27-2/h5,7-10,12-14H,3-4,6,11H2,1-2H3,(H,22,24)/t14-/m1/s1. The van der Waals surface area contributed by atoms with Crippen LogP contribution in [0.1, 0.15) is 36.5 Å². The number of anilines is 1. The highest BCUT2D eigenvalue weighted by Crippen LogP contribution is 2.29. The Morgan fingerprint density at radius 3 is 2.71 bits per heavy atom. The first kappa shape index (κ1) is 20.6. The van der Waals surface area contributed by atoms with E-state index in [0.717, 1.165) is 19.3 Å². The Labute approximate surface area is 170 Å². The quantitative estimate of drug-likeness (QED) is 0.784. The molecule has 1 aliphatic rings. The molecule has 1 atom stereocenters. The van der Waals surface area contributed by atoms with Crippen molar-refractivity contribution in [2.75, 3.05) is 19.0 Å². The van der Waals surface area contributed by atoms with E-state index in [1.165, 1.54) is 23.5 Å². The molecule has 1 fully saturated rings.